The molecule has 1 fully saturated rings. The van der Waals surface area contributed by atoms with Gasteiger partial charge in [-0.25, -0.2) is 4.79 Å². The lowest BCUT2D eigenvalue weighted by Gasteiger charge is -2.36. The molecule has 2 N–H and O–H groups in total. The van der Waals surface area contributed by atoms with Gasteiger partial charge in [0, 0.05) is 41.6 Å². The number of hydrogen-bond donors (Lipinski definition) is 2. The maximum absolute atomic E-state index is 12.2. The van der Waals surface area contributed by atoms with Crippen LogP contribution in [0.3, 0.4) is 0 Å². The summed E-state index contributed by atoms with van der Waals surface area (Å²) in [7, 11) is 0. The van der Waals surface area contributed by atoms with E-state index < -0.39 is 0 Å². The van der Waals surface area contributed by atoms with Gasteiger partial charge in [-0.3, -0.25) is 0 Å². The van der Waals surface area contributed by atoms with Crippen LogP contribution in [-0.2, 0) is 16.7 Å². The lowest BCUT2D eigenvalue weighted by Crippen LogP contribution is -2.46. The zero-order valence-corrected chi connectivity index (χ0v) is 15.0. The third kappa shape index (κ3) is 4.29. The summed E-state index contributed by atoms with van der Waals surface area (Å²) in [5.41, 5.74) is 1.01. The number of hydrogen-bond acceptors (Lipinski definition) is 3. The fourth-order valence-electron chi connectivity index (χ4n) is 2.95. The van der Waals surface area contributed by atoms with Crippen LogP contribution in [-0.4, -0.2) is 25.8 Å². The predicted molar refractivity (Wildman–Crippen MR) is 97.7 cm³/mol. The number of carbonyl (C=O) groups is 1. The van der Waals surface area contributed by atoms with E-state index in [2.05, 4.69) is 28.1 Å². The molecule has 4 nitrogen and oxygen atoms in total. The van der Waals surface area contributed by atoms with Gasteiger partial charge in [0.25, 0.3) is 0 Å². The number of urea groups is 1. The highest BCUT2D eigenvalue weighted by Gasteiger charge is 2.35. The Kier molecular flexibility index (Phi) is 5.76. The van der Waals surface area contributed by atoms with Gasteiger partial charge in [-0.05, 0) is 42.0 Å². The lowest BCUT2D eigenvalue weighted by atomic mass is 9.78. The Balaban J connectivity index is 1.54. The van der Waals surface area contributed by atoms with Crippen LogP contribution in [0.5, 0.6) is 0 Å². The highest BCUT2D eigenvalue weighted by atomic mass is 35.5. The highest BCUT2D eigenvalue weighted by molar-refractivity contribution is 7.10. The zero-order chi connectivity index (χ0) is 16.8. The SMILES string of the molecule is O=C(NCc1ccc(Cl)cc1)NCC1(c2cccs2)CCOCC1. The van der Waals surface area contributed by atoms with E-state index in [0.29, 0.717) is 18.1 Å². The fraction of sp³-hybridized carbons (Fsp3) is 0.389. The molecule has 2 amide bonds. The van der Waals surface area contributed by atoms with Crippen molar-refractivity contribution >= 4 is 29.0 Å². The first-order chi connectivity index (χ1) is 11.7. The normalized spacial score (nSPS) is 16.5. The smallest absolute Gasteiger partial charge is 0.315 e. The second-order valence-electron chi connectivity index (χ2n) is 6.03. The second kappa shape index (κ2) is 8.01. The van der Waals surface area contributed by atoms with Crippen LogP contribution in [0.25, 0.3) is 0 Å². The number of amides is 2. The number of thiophene rings is 1. The van der Waals surface area contributed by atoms with Gasteiger partial charge in [-0.1, -0.05) is 29.8 Å². The van der Waals surface area contributed by atoms with E-state index in [1.807, 2.05) is 24.3 Å². The van der Waals surface area contributed by atoms with Gasteiger partial charge < -0.3 is 15.4 Å². The number of ether oxygens (including phenoxy) is 1. The molecule has 0 atom stereocenters. The van der Waals surface area contributed by atoms with Gasteiger partial charge in [0.05, 0.1) is 0 Å². The summed E-state index contributed by atoms with van der Waals surface area (Å²) in [6.07, 6.45) is 1.87. The zero-order valence-electron chi connectivity index (χ0n) is 13.4. The van der Waals surface area contributed by atoms with Crippen LogP contribution >= 0.6 is 22.9 Å². The Bertz CT molecular complexity index is 652. The molecule has 24 heavy (non-hydrogen) atoms. The Morgan fingerprint density at radius 2 is 1.92 bits per heavy atom. The maximum atomic E-state index is 12.2. The van der Waals surface area contributed by atoms with Gasteiger partial charge in [-0.15, -0.1) is 11.3 Å². The Hall–Kier alpha value is -1.56. The fourth-order valence-corrected chi connectivity index (χ4v) is 4.06. The third-order valence-electron chi connectivity index (χ3n) is 4.45. The summed E-state index contributed by atoms with van der Waals surface area (Å²) >= 11 is 7.62. The first-order valence-electron chi connectivity index (χ1n) is 8.06. The lowest BCUT2D eigenvalue weighted by molar-refractivity contribution is 0.0519. The van der Waals surface area contributed by atoms with Crippen molar-refractivity contribution in [3.05, 3.63) is 57.2 Å². The van der Waals surface area contributed by atoms with Gasteiger partial charge in [0.2, 0.25) is 0 Å². The van der Waals surface area contributed by atoms with Crippen molar-refractivity contribution < 1.29 is 9.53 Å². The first kappa shape index (κ1) is 17.3. The van der Waals surface area contributed by atoms with Crippen molar-refractivity contribution in [2.75, 3.05) is 19.8 Å². The van der Waals surface area contributed by atoms with E-state index in [1.54, 1.807) is 11.3 Å². The van der Waals surface area contributed by atoms with Crippen LogP contribution in [0.1, 0.15) is 23.3 Å². The number of benzene rings is 1. The number of rotatable bonds is 5. The molecule has 0 aliphatic carbocycles. The molecule has 6 heteroatoms. The predicted octanol–water partition coefficient (Wildman–Crippen LogP) is 3.95. The number of carbonyl (C=O) groups excluding carboxylic acids is 1. The molecule has 0 spiro atoms. The molecule has 2 heterocycles. The molecule has 1 aliphatic rings. The quantitative estimate of drug-likeness (QED) is 0.844. The summed E-state index contributed by atoms with van der Waals surface area (Å²) in [5.74, 6) is 0. The van der Waals surface area contributed by atoms with Gasteiger partial charge in [-0.2, -0.15) is 0 Å². The Labute approximate surface area is 151 Å². The van der Waals surface area contributed by atoms with Gasteiger partial charge >= 0.3 is 6.03 Å². The summed E-state index contributed by atoms with van der Waals surface area (Å²) < 4.78 is 5.51. The molecular weight excluding hydrogens is 344 g/mol. The van der Waals surface area contributed by atoms with Crippen LogP contribution in [0, 0.1) is 0 Å². The van der Waals surface area contributed by atoms with Crippen molar-refractivity contribution in [1.29, 1.82) is 0 Å². The molecule has 1 aromatic heterocycles. The molecule has 128 valence electrons. The van der Waals surface area contributed by atoms with Crippen LogP contribution in [0.15, 0.2) is 41.8 Å². The monoisotopic (exact) mass is 364 g/mol. The third-order valence-corrected chi connectivity index (χ3v) is 5.82. The first-order valence-corrected chi connectivity index (χ1v) is 9.32. The van der Waals surface area contributed by atoms with Crippen LogP contribution < -0.4 is 10.6 Å². The minimum absolute atomic E-state index is 0.00989. The number of nitrogens with one attached hydrogen (secondary N) is 2. The minimum Gasteiger partial charge on any atom is -0.381 e. The summed E-state index contributed by atoms with van der Waals surface area (Å²) in [6.45, 7) is 2.60. The van der Waals surface area contributed by atoms with E-state index in [4.69, 9.17) is 16.3 Å². The van der Waals surface area contributed by atoms with Crippen molar-refractivity contribution in [3.8, 4) is 0 Å². The topological polar surface area (TPSA) is 50.4 Å². The van der Waals surface area contributed by atoms with Gasteiger partial charge in [0.15, 0.2) is 0 Å². The molecule has 0 unspecified atom stereocenters. The van der Waals surface area contributed by atoms with E-state index in [0.717, 1.165) is 31.6 Å². The summed E-state index contributed by atoms with van der Waals surface area (Å²) in [6, 6.07) is 11.5. The second-order valence-corrected chi connectivity index (χ2v) is 7.42. The minimum atomic E-state index is -0.146. The van der Waals surface area contributed by atoms with E-state index in [-0.39, 0.29) is 11.4 Å². The summed E-state index contributed by atoms with van der Waals surface area (Å²) in [4.78, 5) is 13.5. The standard InChI is InChI=1S/C18H21ClN2O2S/c19-15-5-3-14(4-6-15)12-20-17(22)21-13-18(7-9-23-10-8-18)16-2-1-11-24-16/h1-6,11H,7-10,12-13H2,(H2,20,21,22). The largest absolute Gasteiger partial charge is 0.381 e. The molecule has 0 saturated carbocycles. The average molecular weight is 365 g/mol. The molecule has 0 bridgehead atoms. The van der Waals surface area contributed by atoms with Gasteiger partial charge in [0.1, 0.15) is 0 Å². The molecule has 0 radical (unpaired) electrons. The summed E-state index contributed by atoms with van der Waals surface area (Å²) in [5, 5.41) is 8.72. The van der Waals surface area contributed by atoms with Crippen LogP contribution in [0.2, 0.25) is 5.02 Å². The Morgan fingerprint density at radius 3 is 2.58 bits per heavy atom. The number of halogens is 1. The van der Waals surface area contributed by atoms with Crippen molar-refractivity contribution in [2.45, 2.75) is 24.8 Å². The molecular formula is C18H21ClN2O2S. The highest BCUT2D eigenvalue weighted by Crippen LogP contribution is 2.36. The molecule has 1 aliphatic heterocycles. The van der Waals surface area contributed by atoms with E-state index in [1.165, 1.54) is 4.88 Å². The van der Waals surface area contributed by atoms with E-state index >= 15 is 0 Å². The molecule has 1 saturated heterocycles. The Morgan fingerprint density at radius 1 is 1.17 bits per heavy atom. The van der Waals surface area contributed by atoms with E-state index in [9.17, 15) is 4.79 Å². The van der Waals surface area contributed by atoms with Crippen molar-refractivity contribution in [1.82, 2.24) is 10.6 Å². The molecule has 1 aromatic carbocycles. The van der Waals surface area contributed by atoms with Crippen molar-refractivity contribution in [2.24, 2.45) is 0 Å². The van der Waals surface area contributed by atoms with Crippen molar-refractivity contribution in [3.63, 3.8) is 0 Å². The molecule has 3 rings (SSSR count). The maximum Gasteiger partial charge on any atom is 0.315 e. The van der Waals surface area contributed by atoms with Crippen LogP contribution in [0.4, 0.5) is 4.79 Å². The average Bonchev–Trinajstić information content (AvgIpc) is 3.16. The molecule has 2 aromatic rings.